The van der Waals surface area contributed by atoms with E-state index in [-0.39, 0.29) is 5.57 Å². The molecule has 0 unspecified atom stereocenters. The number of hydrogen-bond donors (Lipinski definition) is 0. The van der Waals surface area contributed by atoms with Gasteiger partial charge in [-0.1, -0.05) is 12.7 Å². The maximum Gasteiger partial charge on any atom is 0.263 e. The van der Waals surface area contributed by atoms with Gasteiger partial charge in [-0.3, -0.25) is 0 Å². The van der Waals surface area contributed by atoms with Gasteiger partial charge in [-0.2, -0.15) is 0 Å². The predicted octanol–water partition coefficient (Wildman–Crippen LogP) is 2.77. The van der Waals surface area contributed by atoms with Crippen molar-refractivity contribution in [3.63, 3.8) is 0 Å². The standard InChI is InChI=1S/C7H10F2/c1-4-6(5(2)3)7(8)9/h4,7H,2H2,1,3H3/b6-4-. The topological polar surface area (TPSA) is 0 Å². The Morgan fingerprint density at radius 3 is 2.00 bits per heavy atom. The molecule has 52 valence electrons. The summed E-state index contributed by atoms with van der Waals surface area (Å²) in [6, 6.07) is 0. The normalized spacial score (nSPS) is 12.3. The smallest absolute Gasteiger partial charge is 0.205 e. The lowest BCUT2D eigenvalue weighted by Crippen LogP contribution is -1.96. The minimum Gasteiger partial charge on any atom is -0.205 e. The van der Waals surface area contributed by atoms with E-state index in [1.54, 1.807) is 13.8 Å². The van der Waals surface area contributed by atoms with Gasteiger partial charge in [0.25, 0.3) is 6.43 Å². The van der Waals surface area contributed by atoms with Crippen molar-refractivity contribution in [1.82, 2.24) is 0 Å². The molecule has 0 saturated heterocycles. The SMILES string of the molecule is C=C(C)/C(=C/C)C(F)F. The molecule has 0 heterocycles. The van der Waals surface area contributed by atoms with Gasteiger partial charge in [0.1, 0.15) is 0 Å². The maximum atomic E-state index is 11.8. The van der Waals surface area contributed by atoms with Crippen LogP contribution in [-0.4, -0.2) is 6.43 Å². The summed E-state index contributed by atoms with van der Waals surface area (Å²) >= 11 is 0. The molecule has 0 radical (unpaired) electrons. The van der Waals surface area contributed by atoms with Gasteiger partial charge in [-0.05, 0) is 19.4 Å². The zero-order valence-corrected chi connectivity index (χ0v) is 5.62. The third-order valence-corrected chi connectivity index (χ3v) is 1.04. The lowest BCUT2D eigenvalue weighted by molar-refractivity contribution is 0.192. The third-order valence-electron chi connectivity index (χ3n) is 1.04. The summed E-state index contributed by atoms with van der Waals surface area (Å²) in [6.07, 6.45) is -1.00. The van der Waals surface area contributed by atoms with Crippen LogP contribution in [0.15, 0.2) is 23.8 Å². The van der Waals surface area contributed by atoms with E-state index in [4.69, 9.17) is 0 Å². The molecule has 2 heteroatoms. The van der Waals surface area contributed by atoms with Gasteiger partial charge in [-0.15, -0.1) is 0 Å². The molecule has 0 nitrogen and oxygen atoms in total. The van der Waals surface area contributed by atoms with Crippen LogP contribution in [0.1, 0.15) is 13.8 Å². The highest BCUT2D eigenvalue weighted by Crippen LogP contribution is 2.15. The van der Waals surface area contributed by atoms with Gasteiger partial charge in [0.05, 0.1) is 0 Å². The van der Waals surface area contributed by atoms with E-state index in [0.29, 0.717) is 5.57 Å². The van der Waals surface area contributed by atoms with Crippen molar-refractivity contribution < 1.29 is 8.78 Å². The van der Waals surface area contributed by atoms with Gasteiger partial charge < -0.3 is 0 Å². The van der Waals surface area contributed by atoms with Crippen LogP contribution >= 0.6 is 0 Å². The highest BCUT2D eigenvalue weighted by Gasteiger charge is 2.08. The molecule has 0 aromatic heterocycles. The molecular weight excluding hydrogens is 122 g/mol. The van der Waals surface area contributed by atoms with Crippen LogP contribution in [0, 0.1) is 0 Å². The van der Waals surface area contributed by atoms with Crippen LogP contribution < -0.4 is 0 Å². The molecule has 0 rings (SSSR count). The van der Waals surface area contributed by atoms with E-state index in [9.17, 15) is 8.78 Å². The minimum absolute atomic E-state index is 0.0370. The van der Waals surface area contributed by atoms with Gasteiger partial charge in [-0.25, -0.2) is 8.78 Å². The Bertz CT molecular complexity index is 134. The number of allylic oxidation sites excluding steroid dienone is 3. The molecule has 0 aliphatic carbocycles. The molecule has 0 amide bonds. The number of rotatable bonds is 2. The first-order valence-corrected chi connectivity index (χ1v) is 2.69. The first-order chi connectivity index (χ1) is 4.09. The quantitative estimate of drug-likeness (QED) is 0.507. The number of hydrogen-bond acceptors (Lipinski definition) is 0. The summed E-state index contributed by atoms with van der Waals surface area (Å²) in [5.74, 6) is 0. The van der Waals surface area contributed by atoms with Crippen molar-refractivity contribution in [3.05, 3.63) is 23.8 Å². The zero-order valence-electron chi connectivity index (χ0n) is 5.62. The molecular formula is C7H10F2. The second-order valence-electron chi connectivity index (χ2n) is 1.83. The van der Waals surface area contributed by atoms with Crippen molar-refractivity contribution in [3.8, 4) is 0 Å². The average Bonchev–Trinajstić information content (AvgIpc) is 1.64. The fraction of sp³-hybridized carbons (Fsp3) is 0.429. The van der Waals surface area contributed by atoms with Gasteiger partial charge in [0.2, 0.25) is 0 Å². The van der Waals surface area contributed by atoms with E-state index in [0.717, 1.165) is 0 Å². The fourth-order valence-electron chi connectivity index (χ4n) is 0.559. The summed E-state index contributed by atoms with van der Waals surface area (Å²) < 4.78 is 23.6. The number of halogens is 2. The Morgan fingerprint density at radius 1 is 1.56 bits per heavy atom. The molecule has 0 atom stereocenters. The fourth-order valence-corrected chi connectivity index (χ4v) is 0.559. The van der Waals surface area contributed by atoms with Crippen molar-refractivity contribution in [1.29, 1.82) is 0 Å². The molecule has 0 bridgehead atoms. The van der Waals surface area contributed by atoms with Crippen molar-refractivity contribution in [2.75, 3.05) is 0 Å². The van der Waals surface area contributed by atoms with E-state index >= 15 is 0 Å². The van der Waals surface area contributed by atoms with E-state index < -0.39 is 6.43 Å². The van der Waals surface area contributed by atoms with Crippen LogP contribution in [-0.2, 0) is 0 Å². The Balaban J connectivity index is 4.19. The van der Waals surface area contributed by atoms with E-state index in [1.165, 1.54) is 6.08 Å². The van der Waals surface area contributed by atoms with E-state index in [2.05, 4.69) is 6.58 Å². The highest BCUT2D eigenvalue weighted by atomic mass is 19.3. The number of alkyl halides is 2. The van der Waals surface area contributed by atoms with Crippen molar-refractivity contribution in [2.45, 2.75) is 20.3 Å². The zero-order chi connectivity index (χ0) is 7.44. The van der Waals surface area contributed by atoms with E-state index in [1.807, 2.05) is 0 Å². The van der Waals surface area contributed by atoms with Crippen molar-refractivity contribution >= 4 is 0 Å². The van der Waals surface area contributed by atoms with Gasteiger partial charge >= 0.3 is 0 Å². The molecule has 0 spiro atoms. The molecule has 0 fully saturated rings. The minimum atomic E-state index is -2.38. The Kier molecular flexibility index (Phi) is 3.13. The first-order valence-electron chi connectivity index (χ1n) is 2.69. The second-order valence-corrected chi connectivity index (χ2v) is 1.83. The Hall–Kier alpha value is -0.660. The van der Waals surface area contributed by atoms with Crippen LogP contribution in [0.3, 0.4) is 0 Å². The summed E-state index contributed by atoms with van der Waals surface area (Å²) in [5, 5.41) is 0. The summed E-state index contributed by atoms with van der Waals surface area (Å²) in [4.78, 5) is 0. The molecule has 9 heavy (non-hydrogen) atoms. The summed E-state index contributed by atoms with van der Waals surface area (Å²) in [5.41, 5.74) is 0.475. The molecule has 0 aromatic rings. The van der Waals surface area contributed by atoms with Crippen LogP contribution in [0.4, 0.5) is 8.78 Å². The maximum absolute atomic E-state index is 11.8. The van der Waals surface area contributed by atoms with Gasteiger partial charge in [0.15, 0.2) is 0 Å². The second kappa shape index (κ2) is 3.38. The van der Waals surface area contributed by atoms with Crippen LogP contribution in [0.2, 0.25) is 0 Å². The Morgan fingerprint density at radius 2 is 2.00 bits per heavy atom. The first kappa shape index (κ1) is 8.34. The molecule has 0 N–H and O–H groups in total. The predicted molar refractivity (Wildman–Crippen MR) is 34.6 cm³/mol. The van der Waals surface area contributed by atoms with Crippen molar-refractivity contribution in [2.24, 2.45) is 0 Å². The monoisotopic (exact) mass is 132 g/mol. The van der Waals surface area contributed by atoms with Crippen LogP contribution in [0.25, 0.3) is 0 Å². The summed E-state index contributed by atoms with van der Waals surface area (Å²) in [7, 11) is 0. The highest BCUT2D eigenvalue weighted by molar-refractivity contribution is 5.27. The van der Waals surface area contributed by atoms with Crippen LogP contribution in [0.5, 0.6) is 0 Å². The lowest BCUT2D eigenvalue weighted by atomic mass is 10.1. The summed E-state index contributed by atoms with van der Waals surface area (Å²) in [6.45, 7) is 6.55. The van der Waals surface area contributed by atoms with Gasteiger partial charge in [0, 0.05) is 5.57 Å². The average molecular weight is 132 g/mol. The molecule has 0 aromatic carbocycles. The molecule has 0 aliphatic rings. The molecule has 0 aliphatic heterocycles. The lowest BCUT2D eigenvalue weighted by Gasteiger charge is -2.02. The Labute approximate surface area is 53.9 Å². The third kappa shape index (κ3) is 2.40. The largest absolute Gasteiger partial charge is 0.263 e. The molecule has 0 saturated carbocycles.